The molecule has 4 heterocycles. The lowest BCUT2D eigenvalue weighted by molar-refractivity contribution is -0.135. The predicted molar refractivity (Wildman–Crippen MR) is 226 cm³/mol. The number of carbonyl (C=O) groups excluding carboxylic acids is 2. The van der Waals surface area contributed by atoms with Crippen molar-refractivity contribution >= 4 is 76.5 Å². The molecule has 3 aromatic heterocycles. The van der Waals surface area contributed by atoms with E-state index in [1.54, 1.807) is 67.6 Å². The largest absolute Gasteiger partial charge is 0.490 e. The van der Waals surface area contributed by atoms with Crippen LogP contribution in [0, 0.1) is 0 Å². The highest BCUT2D eigenvalue weighted by Crippen LogP contribution is 2.38. The molecule has 1 fully saturated rings. The molecular weight excluding hydrogens is 797 g/mol. The third-order valence-electron chi connectivity index (χ3n) is 10.2. The topological polar surface area (TPSA) is 182 Å². The first-order valence-electron chi connectivity index (χ1n) is 19.5. The molecule has 1 saturated heterocycles. The molecule has 1 unspecified atom stereocenters. The van der Waals surface area contributed by atoms with Gasteiger partial charge in [0.25, 0.3) is 0 Å². The molecule has 312 valence electrons. The third kappa shape index (κ3) is 9.18. The quantitative estimate of drug-likeness (QED) is 0.0779. The van der Waals surface area contributed by atoms with E-state index in [2.05, 4.69) is 20.6 Å². The third-order valence-corrected chi connectivity index (χ3v) is 13.5. The van der Waals surface area contributed by atoms with Crippen LogP contribution >= 0.6 is 11.3 Å². The minimum absolute atomic E-state index is 0.0818. The summed E-state index contributed by atoms with van der Waals surface area (Å²) in [6.45, 7) is 7.27. The van der Waals surface area contributed by atoms with Crippen LogP contribution in [0.1, 0.15) is 51.6 Å². The molecule has 3 aromatic carbocycles. The molecule has 0 spiro atoms. The van der Waals surface area contributed by atoms with Crippen molar-refractivity contribution in [2.75, 3.05) is 51.6 Å². The van der Waals surface area contributed by atoms with E-state index < -0.39 is 26.5 Å². The van der Waals surface area contributed by atoms with E-state index in [-0.39, 0.29) is 48.3 Å². The fraction of sp³-hybridized carbons (Fsp3) is 0.405. The zero-order valence-electron chi connectivity index (χ0n) is 33.5. The Morgan fingerprint density at radius 1 is 0.898 bits per heavy atom. The lowest BCUT2D eigenvalue weighted by Gasteiger charge is -2.22. The number of carbonyl (C=O) groups is 2. The molecule has 0 bridgehead atoms. The van der Waals surface area contributed by atoms with Crippen molar-refractivity contribution in [3.8, 4) is 5.75 Å². The summed E-state index contributed by atoms with van der Waals surface area (Å²) in [6.07, 6.45) is 3.53. The van der Waals surface area contributed by atoms with Gasteiger partial charge in [0.2, 0.25) is 11.8 Å². The van der Waals surface area contributed by atoms with E-state index in [9.17, 15) is 22.8 Å². The summed E-state index contributed by atoms with van der Waals surface area (Å²) in [5.41, 5.74) is 6.90. The maximum Gasteiger partial charge on any atom is 0.329 e. The fourth-order valence-electron chi connectivity index (χ4n) is 7.07. The van der Waals surface area contributed by atoms with Gasteiger partial charge >= 0.3 is 5.69 Å². The summed E-state index contributed by atoms with van der Waals surface area (Å²) < 4.78 is 53.9. The maximum absolute atomic E-state index is 13.8. The minimum Gasteiger partial charge on any atom is -0.490 e. The maximum atomic E-state index is 13.8. The molecule has 1 atom stereocenters. The second-order valence-corrected chi connectivity index (χ2v) is 18.8. The Balaban J connectivity index is 0.851. The number of fused-ring (bicyclic) bond motifs is 3. The average Bonchev–Trinajstić information content (AvgIpc) is 3.77. The Labute approximate surface area is 345 Å². The molecule has 59 heavy (non-hydrogen) atoms. The lowest BCUT2D eigenvalue weighted by Crippen LogP contribution is -2.44. The van der Waals surface area contributed by atoms with Gasteiger partial charge in [-0.15, -0.1) is 11.3 Å². The molecular formula is C42H48N6O9S2. The first-order valence-corrected chi connectivity index (χ1v) is 21.9. The summed E-state index contributed by atoms with van der Waals surface area (Å²) in [4.78, 5) is 46.4. The van der Waals surface area contributed by atoms with Gasteiger partial charge in [-0.1, -0.05) is 12.1 Å². The van der Waals surface area contributed by atoms with Crippen molar-refractivity contribution in [3.05, 3.63) is 82.4 Å². The predicted octanol–water partition coefficient (Wildman–Crippen LogP) is 5.85. The van der Waals surface area contributed by atoms with E-state index in [4.69, 9.17) is 18.9 Å². The number of para-hydroxylation sites is 1. The molecule has 7 rings (SSSR count). The zero-order valence-corrected chi connectivity index (χ0v) is 35.1. The number of piperidine rings is 1. The molecule has 6 aromatic rings. The standard InChI is InChI=1S/C42H48N6O9S2/c1-42(2,3)59(52,53)37-24-29-30(45-28-10-12-36-32(23-28)44-26-58-36)14-15-43-31(29)25-35(37)57-22-21-56-20-19-55-18-17-54-16-6-8-27-7-5-9-33-39(27)47(4)41(51)48(33)34-11-13-38(49)46-40(34)50/h5,7,9-10,12,14-15,23-26,34H,6,8,11,13,16-22H2,1-4H3,(H,43,45)(H,46,49,50). The van der Waals surface area contributed by atoms with Crippen LogP contribution < -0.4 is 21.1 Å². The van der Waals surface area contributed by atoms with E-state index in [1.807, 2.05) is 42.5 Å². The Kier molecular flexibility index (Phi) is 12.8. The number of aromatic nitrogens is 4. The number of nitrogens with one attached hydrogen (secondary N) is 2. The van der Waals surface area contributed by atoms with Crippen LogP contribution in [0.2, 0.25) is 0 Å². The Hall–Kier alpha value is -5.20. The first kappa shape index (κ1) is 41.9. The molecule has 1 aliphatic heterocycles. The van der Waals surface area contributed by atoms with Gasteiger partial charge in [-0.2, -0.15) is 0 Å². The second kappa shape index (κ2) is 18.0. The van der Waals surface area contributed by atoms with Crippen molar-refractivity contribution in [2.24, 2.45) is 7.05 Å². The highest BCUT2D eigenvalue weighted by atomic mass is 32.2. The van der Waals surface area contributed by atoms with Crippen molar-refractivity contribution in [2.45, 2.75) is 62.1 Å². The van der Waals surface area contributed by atoms with E-state index in [0.29, 0.717) is 68.0 Å². The van der Waals surface area contributed by atoms with Crippen molar-refractivity contribution < 1.29 is 37.0 Å². The average molecular weight is 845 g/mol. The Morgan fingerprint density at radius 2 is 1.64 bits per heavy atom. The van der Waals surface area contributed by atoms with Gasteiger partial charge in [-0.25, -0.2) is 18.2 Å². The number of imide groups is 1. The summed E-state index contributed by atoms with van der Waals surface area (Å²) in [6, 6.07) is 16.0. The number of benzene rings is 3. The highest BCUT2D eigenvalue weighted by Gasteiger charge is 2.35. The van der Waals surface area contributed by atoms with Gasteiger partial charge in [0, 0.05) is 49.1 Å². The van der Waals surface area contributed by atoms with Crippen molar-refractivity contribution in [1.29, 1.82) is 0 Å². The monoisotopic (exact) mass is 844 g/mol. The lowest BCUT2D eigenvalue weighted by atomic mass is 10.0. The Morgan fingerprint density at radius 3 is 2.39 bits per heavy atom. The smallest absolute Gasteiger partial charge is 0.329 e. The number of hydrogen-bond acceptors (Lipinski definition) is 13. The molecule has 17 heteroatoms. The van der Waals surface area contributed by atoms with E-state index >= 15 is 0 Å². The SMILES string of the molecule is Cn1c(=O)n(C2CCC(=O)NC2=O)c2cccc(CCCOCCOCCOCCOc3cc4nccc(Nc5ccc6scnc6c5)c4cc3S(=O)(=O)C(C)(C)C)c21. The first-order chi connectivity index (χ1) is 28.3. The molecule has 2 amide bonds. The minimum atomic E-state index is -3.80. The van der Waals surface area contributed by atoms with E-state index in [0.717, 1.165) is 27.0 Å². The van der Waals surface area contributed by atoms with Crippen LogP contribution in [-0.4, -0.2) is 90.3 Å². The van der Waals surface area contributed by atoms with Gasteiger partial charge in [0.1, 0.15) is 23.3 Å². The number of hydrogen-bond donors (Lipinski definition) is 2. The normalized spacial score (nSPS) is 15.0. The zero-order chi connectivity index (χ0) is 41.7. The number of nitrogens with zero attached hydrogens (tertiary/aromatic N) is 4. The molecule has 15 nitrogen and oxygen atoms in total. The van der Waals surface area contributed by atoms with Crippen LogP contribution in [-0.2, 0) is 47.1 Å². The van der Waals surface area contributed by atoms with Crippen LogP contribution in [0.4, 0.5) is 11.4 Å². The molecule has 0 radical (unpaired) electrons. The number of amides is 2. The Bertz CT molecular complexity index is 2660. The molecule has 2 N–H and O–H groups in total. The number of rotatable bonds is 18. The molecule has 1 aliphatic rings. The van der Waals surface area contributed by atoms with Crippen LogP contribution in [0.5, 0.6) is 5.75 Å². The molecule has 0 saturated carbocycles. The number of aryl methyl sites for hydroxylation is 2. The van der Waals surface area contributed by atoms with Gasteiger partial charge in [0.05, 0.1) is 70.1 Å². The fourth-order valence-corrected chi connectivity index (χ4v) is 9.05. The van der Waals surface area contributed by atoms with Crippen LogP contribution in [0.25, 0.3) is 32.2 Å². The summed E-state index contributed by atoms with van der Waals surface area (Å²) in [5.74, 6) is -0.568. The number of ether oxygens (including phenoxy) is 4. The number of sulfone groups is 1. The summed E-state index contributed by atoms with van der Waals surface area (Å²) in [7, 11) is -2.11. The highest BCUT2D eigenvalue weighted by molar-refractivity contribution is 7.92. The number of anilines is 2. The second-order valence-electron chi connectivity index (χ2n) is 15.2. The van der Waals surface area contributed by atoms with Crippen LogP contribution in [0.3, 0.4) is 0 Å². The summed E-state index contributed by atoms with van der Waals surface area (Å²) >= 11 is 1.57. The van der Waals surface area contributed by atoms with E-state index in [1.165, 1.54) is 4.57 Å². The van der Waals surface area contributed by atoms with Gasteiger partial charge in [0.15, 0.2) is 9.84 Å². The number of imidazole rings is 1. The van der Waals surface area contributed by atoms with Crippen LogP contribution in [0.15, 0.2) is 76.0 Å². The van der Waals surface area contributed by atoms with Crippen molar-refractivity contribution in [1.82, 2.24) is 24.4 Å². The van der Waals surface area contributed by atoms with Gasteiger partial charge in [-0.05, 0) is 82.0 Å². The summed E-state index contributed by atoms with van der Waals surface area (Å²) in [5, 5.41) is 6.39. The van der Waals surface area contributed by atoms with Gasteiger partial charge < -0.3 is 24.3 Å². The number of pyridine rings is 1. The number of thiazole rings is 1. The van der Waals surface area contributed by atoms with Gasteiger partial charge in [-0.3, -0.25) is 29.0 Å². The van der Waals surface area contributed by atoms with Crippen molar-refractivity contribution in [3.63, 3.8) is 0 Å². The molecule has 0 aliphatic carbocycles.